The van der Waals surface area contributed by atoms with Crippen LogP contribution in [0.5, 0.6) is 0 Å². The summed E-state index contributed by atoms with van der Waals surface area (Å²) in [6.45, 7) is 1.38. The minimum absolute atomic E-state index is 0.0867. The van der Waals surface area contributed by atoms with E-state index in [1.807, 2.05) is 47.4 Å². The second kappa shape index (κ2) is 7.50. The number of rotatable bonds is 2. The van der Waals surface area contributed by atoms with Crippen molar-refractivity contribution in [2.45, 2.75) is 50.1 Å². The van der Waals surface area contributed by atoms with Crippen LogP contribution in [0.1, 0.15) is 48.9 Å². The van der Waals surface area contributed by atoms with Gasteiger partial charge in [0.1, 0.15) is 11.4 Å². The number of benzene rings is 1. The lowest BCUT2D eigenvalue weighted by Crippen LogP contribution is -2.62. The predicted molar refractivity (Wildman–Crippen MR) is 115 cm³/mol. The number of amidine groups is 1. The summed E-state index contributed by atoms with van der Waals surface area (Å²) in [7, 11) is 0. The molecule has 0 radical (unpaired) electrons. The van der Waals surface area contributed by atoms with Crippen molar-refractivity contribution >= 4 is 23.2 Å². The molecule has 6 nitrogen and oxygen atoms in total. The number of hydrogen-bond acceptors (Lipinski definition) is 4. The van der Waals surface area contributed by atoms with E-state index in [0.29, 0.717) is 12.6 Å². The monoisotopic (exact) mass is 389 g/mol. The molecule has 0 unspecified atom stereocenters. The molecule has 1 saturated carbocycles. The number of hydrogen-bond donors (Lipinski definition) is 2. The maximum absolute atomic E-state index is 13.1. The van der Waals surface area contributed by atoms with Gasteiger partial charge < -0.3 is 15.5 Å². The van der Waals surface area contributed by atoms with Crippen LogP contribution in [-0.2, 0) is 0 Å². The topological polar surface area (TPSA) is 69.6 Å². The number of nitrogens with one attached hydrogen (secondary N) is 2. The molecule has 1 spiro atoms. The highest BCUT2D eigenvalue weighted by Crippen LogP contribution is 2.36. The van der Waals surface area contributed by atoms with E-state index in [1.54, 1.807) is 6.20 Å². The molecular weight excluding hydrogens is 362 g/mol. The first kappa shape index (κ1) is 18.2. The Hall–Kier alpha value is -2.89. The zero-order chi connectivity index (χ0) is 19.7. The summed E-state index contributed by atoms with van der Waals surface area (Å²) in [6.07, 6.45) is 8.45. The van der Waals surface area contributed by atoms with Crippen molar-refractivity contribution in [1.29, 1.82) is 0 Å². The fraction of sp³-hybridized carbons (Fsp3) is 0.435. The van der Waals surface area contributed by atoms with Crippen molar-refractivity contribution < 1.29 is 4.79 Å². The van der Waals surface area contributed by atoms with Gasteiger partial charge in [-0.25, -0.2) is 4.98 Å². The van der Waals surface area contributed by atoms with Gasteiger partial charge >= 0.3 is 0 Å². The van der Waals surface area contributed by atoms with Crippen LogP contribution >= 0.6 is 0 Å². The largest absolute Gasteiger partial charge is 0.368 e. The highest BCUT2D eigenvalue weighted by molar-refractivity contribution is 6.09. The van der Waals surface area contributed by atoms with Crippen LogP contribution in [0.15, 0.2) is 53.7 Å². The van der Waals surface area contributed by atoms with Crippen LogP contribution in [-0.4, -0.2) is 46.3 Å². The molecule has 5 rings (SSSR count). The summed E-state index contributed by atoms with van der Waals surface area (Å²) in [5, 5.41) is 7.25. The Balaban J connectivity index is 1.48. The molecule has 1 atom stereocenters. The number of anilines is 2. The average molecular weight is 390 g/mol. The quantitative estimate of drug-likeness (QED) is 0.816. The molecule has 150 valence electrons. The minimum Gasteiger partial charge on any atom is -0.368 e. The molecule has 6 heteroatoms. The molecule has 1 aromatic heterocycles. The third-order valence-electron chi connectivity index (χ3n) is 6.31. The number of aromatic nitrogens is 1. The number of carbonyl (C=O) groups is 1. The number of aliphatic imine (C=N–C) groups is 1. The van der Waals surface area contributed by atoms with Gasteiger partial charge in [-0.05, 0) is 49.9 Å². The maximum Gasteiger partial charge on any atom is 0.253 e. The number of amides is 1. The third-order valence-corrected chi connectivity index (χ3v) is 6.31. The van der Waals surface area contributed by atoms with Gasteiger partial charge in [0.25, 0.3) is 5.91 Å². The Labute approximate surface area is 171 Å². The van der Waals surface area contributed by atoms with E-state index in [1.165, 1.54) is 12.8 Å². The lowest BCUT2D eigenvalue weighted by atomic mass is 9.85. The Morgan fingerprint density at radius 2 is 1.93 bits per heavy atom. The molecule has 1 aromatic carbocycles. The highest BCUT2D eigenvalue weighted by atomic mass is 16.2. The van der Waals surface area contributed by atoms with Crippen LogP contribution in [0.4, 0.5) is 11.5 Å². The normalized spacial score (nSPS) is 25.5. The highest BCUT2D eigenvalue weighted by Gasteiger charge is 2.45. The molecule has 3 aliphatic rings. The first-order valence-corrected chi connectivity index (χ1v) is 10.7. The van der Waals surface area contributed by atoms with Gasteiger partial charge in [0, 0.05) is 18.3 Å². The van der Waals surface area contributed by atoms with Crippen molar-refractivity contribution in [3.8, 4) is 0 Å². The van der Waals surface area contributed by atoms with Crippen LogP contribution < -0.4 is 10.6 Å². The van der Waals surface area contributed by atoms with Gasteiger partial charge in [0.05, 0.1) is 18.3 Å². The van der Waals surface area contributed by atoms with Crippen molar-refractivity contribution in [1.82, 2.24) is 9.88 Å². The number of pyridine rings is 1. The van der Waals surface area contributed by atoms with E-state index >= 15 is 0 Å². The zero-order valence-electron chi connectivity index (χ0n) is 16.6. The fourth-order valence-electron chi connectivity index (χ4n) is 4.81. The summed E-state index contributed by atoms with van der Waals surface area (Å²) in [6, 6.07) is 13.9. The molecular formula is C23H27N5O. The summed E-state index contributed by atoms with van der Waals surface area (Å²) in [4.78, 5) is 24.8. The molecule has 2 fully saturated rings. The van der Waals surface area contributed by atoms with Crippen LogP contribution in [0, 0.1) is 0 Å². The van der Waals surface area contributed by atoms with Gasteiger partial charge in [-0.3, -0.25) is 9.79 Å². The molecule has 0 bridgehead atoms. The van der Waals surface area contributed by atoms with Crippen LogP contribution in [0.2, 0.25) is 0 Å². The Kier molecular flexibility index (Phi) is 4.70. The van der Waals surface area contributed by atoms with Crippen LogP contribution in [0.25, 0.3) is 0 Å². The van der Waals surface area contributed by atoms with E-state index in [9.17, 15) is 4.79 Å². The van der Waals surface area contributed by atoms with E-state index in [-0.39, 0.29) is 11.4 Å². The molecule has 3 heterocycles. The number of carbonyl (C=O) groups excluding carboxylic acids is 1. The van der Waals surface area contributed by atoms with E-state index in [0.717, 1.165) is 55.1 Å². The molecule has 1 saturated heterocycles. The summed E-state index contributed by atoms with van der Waals surface area (Å²) in [5.41, 5.74) is 1.33. The van der Waals surface area contributed by atoms with Crippen molar-refractivity contribution in [3.63, 3.8) is 0 Å². The average Bonchev–Trinajstić information content (AvgIpc) is 3.28. The smallest absolute Gasteiger partial charge is 0.253 e. The van der Waals surface area contributed by atoms with E-state index < -0.39 is 0 Å². The maximum atomic E-state index is 13.1. The summed E-state index contributed by atoms with van der Waals surface area (Å²) in [5.74, 6) is 1.85. The molecule has 2 aromatic rings. The number of nitrogens with zero attached hydrogens (tertiary/aromatic N) is 3. The summed E-state index contributed by atoms with van der Waals surface area (Å²) < 4.78 is 0. The first-order valence-electron chi connectivity index (χ1n) is 10.7. The molecule has 1 aliphatic carbocycles. The van der Waals surface area contributed by atoms with Crippen molar-refractivity contribution in [2.24, 2.45) is 4.99 Å². The van der Waals surface area contributed by atoms with Gasteiger partial charge in [-0.15, -0.1) is 0 Å². The number of fused-ring (bicyclic) bond motifs is 1. The Bertz CT molecular complexity index is 922. The molecule has 1 amide bonds. The van der Waals surface area contributed by atoms with Crippen molar-refractivity contribution in [2.75, 3.05) is 23.7 Å². The van der Waals surface area contributed by atoms with E-state index in [2.05, 4.69) is 15.6 Å². The number of likely N-dealkylation sites (tertiary alicyclic amines) is 1. The predicted octanol–water partition coefficient (Wildman–Crippen LogP) is 3.94. The van der Waals surface area contributed by atoms with Gasteiger partial charge in [-0.1, -0.05) is 31.0 Å². The molecule has 2 aliphatic heterocycles. The lowest BCUT2D eigenvalue weighted by molar-refractivity contribution is 0.0694. The Morgan fingerprint density at radius 1 is 1.10 bits per heavy atom. The molecule has 2 N–H and O–H groups in total. The lowest BCUT2D eigenvalue weighted by Gasteiger charge is -2.47. The van der Waals surface area contributed by atoms with Gasteiger partial charge in [0.2, 0.25) is 0 Å². The second-order valence-corrected chi connectivity index (χ2v) is 8.34. The number of piperidine rings is 1. The van der Waals surface area contributed by atoms with E-state index in [4.69, 9.17) is 4.99 Å². The second-order valence-electron chi connectivity index (χ2n) is 8.34. The van der Waals surface area contributed by atoms with Gasteiger partial charge in [0.15, 0.2) is 5.82 Å². The first-order chi connectivity index (χ1) is 14.2. The third kappa shape index (κ3) is 3.48. The van der Waals surface area contributed by atoms with Crippen molar-refractivity contribution in [3.05, 3.63) is 54.2 Å². The van der Waals surface area contributed by atoms with Crippen LogP contribution in [0.3, 0.4) is 0 Å². The minimum atomic E-state index is -0.388. The standard InChI is InChI=1S/C23H27N5O/c29-21(17-8-2-1-3-9-17)28-15-7-13-23(16-28)22(25-18-10-4-5-11-18)26-20-19(27-23)12-6-14-24-20/h1-3,6,8-9,12,14,18,27H,4-5,7,10-11,13,15-16H2,(H,24,25,26)/t23-/m1/s1. The molecule has 29 heavy (non-hydrogen) atoms. The summed E-state index contributed by atoms with van der Waals surface area (Å²) >= 11 is 0. The Morgan fingerprint density at radius 3 is 2.76 bits per heavy atom. The van der Waals surface area contributed by atoms with Gasteiger partial charge in [-0.2, -0.15) is 0 Å². The zero-order valence-corrected chi connectivity index (χ0v) is 16.6. The fourth-order valence-corrected chi connectivity index (χ4v) is 4.81. The SMILES string of the molecule is O=C(c1ccccc1)N1CCC[C@]2(C1)Nc1cccnc1NC2=NC1CCCC1.